The zero-order valence-electron chi connectivity index (χ0n) is 21.1. The van der Waals surface area contributed by atoms with E-state index in [1.165, 1.54) is 0 Å². The number of hydrogen-bond donors (Lipinski definition) is 4. The van der Waals surface area contributed by atoms with Gasteiger partial charge in [-0.3, -0.25) is 0 Å². The first-order valence-corrected chi connectivity index (χ1v) is 14.5. The summed E-state index contributed by atoms with van der Waals surface area (Å²) in [5.74, 6) is 0.711. The topological polar surface area (TPSA) is 151 Å². The molecule has 1 atom stereocenters. The van der Waals surface area contributed by atoms with Crippen molar-refractivity contribution in [2.45, 2.75) is 63.2 Å². The van der Waals surface area contributed by atoms with Crippen LogP contribution in [0.5, 0.6) is 0 Å². The Morgan fingerprint density at radius 3 is 2.78 bits per heavy atom. The van der Waals surface area contributed by atoms with Gasteiger partial charge in [-0.1, -0.05) is 19.8 Å². The summed E-state index contributed by atoms with van der Waals surface area (Å²) < 4.78 is 29.7. The summed E-state index contributed by atoms with van der Waals surface area (Å²) in [6.45, 7) is 4.08. The average molecular weight is 523 g/mol. The summed E-state index contributed by atoms with van der Waals surface area (Å²) in [5, 5.41) is 7.35. The lowest BCUT2D eigenvalue weighted by atomic mass is 10.0. The van der Waals surface area contributed by atoms with Gasteiger partial charge < -0.3 is 21.4 Å². The Labute approximate surface area is 217 Å². The van der Waals surface area contributed by atoms with Crippen LogP contribution in [-0.4, -0.2) is 59.9 Å². The lowest BCUT2D eigenvalue weighted by molar-refractivity contribution is 0.478. The zero-order chi connectivity index (χ0) is 25.8. The maximum atomic E-state index is 12.8. The minimum absolute atomic E-state index is 0.0633. The maximum absolute atomic E-state index is 12.8. The molecule has 5 rings (SSSR count). The molecule has 1 aliphatic carbocycles. The van der Waals surface area contributed by atoms with Gasteiger partial charge in [-0.25, -0.2) is 23.4 Å². The Bertz CT molecular complexity index is 1420. The molecule has 1 saturated carbocycles. The van der Waals surface area contributed by atoms with Crippen LogP contribution in [0.4, 0.5) is 5.95 Å². The number of aromatic amines is 1. The van der Waals surface area contributed by atoms with Gasteiger partial charge in [0.2, 0.25) is 5.95 Å². The number of aryl methyl sites for hydroxylation is 1. The number of hydrogen-bond acceptors (Lipinski definition) is 6. The van der Waals surface area contributed by atoms with Crippen LogP contribution in [0.2, 0.25) is 0 Å². The number of aromatic nitrogens is 3. The molecule has 2 aliphatic rings. The van der Waals surface area contributed by atoms with Crippen LogP contribution >= 0.6 is 0 Å². The van der Waals surface area contributed by atoms with Crippen molar-refractivity contribution in [1.82, 2.24) is 20.3 Å². The van der Waals surface area contributed by atoms with E-state index >= 15 is 0 Å². The molecule has 11 heteroatoms. The molecular formula is C26H34N8O2S. The van der Waals surface area contributed by atoms with E-state index in [0.29, 0.717) is 30.5 Å². The number of nitrogens with two attached hydrogens (primary N) is 1. The number of amidine groups is 1. The number of aliphatic imine (C=N–C) groups is 1. The minimum Gasteiger partial charge on any atom is -0.390 e. The standard InChI is InChI=1S/C26H34N8O2S/c1-2-17-12-18(13-19-14-29-26(33-24(17)19)31-20-6-5-11-28-15-20)22-9-10-23(32-22)25(30-16-27)34-37(35,36)21-7-3-4-8-21/h9-10,12-14,16,20-21,28,32H,2-8,11,15H2,1H3,(H2,27,30,34)(H,29,31,33)/t20-/m0/s1. The highest BCUT2D eigenvalue weighted by molar-refractivity contribution is 7.90. The molecule has 0 unspecified atom stereocenters. The largest absolute Gasteiger partial charge is 0.390 e. The molecule has 2 fully saturated rings. The van der Waals surface area contributed by atoms with Gasteiger partial charge in [-0.2, -0.15) is 0 Å². The smallest absolute Gasteiger partial charge is 0.258 e. The van der Waals surface area contributed by atoms with Crippen LogP contribution in [-0.2, 0) is 16.4 Å². The van der Waals surface area contributed by atoms with Gasteiger partial charge in [0.1, 0.15) is 0 Å². The van der Waals surface area contributed by atoms with E-state index in [4.69, 9.17) is 10.7 Å². The van der Waals surface area contributed by atoms with Gasteiger partial charge in [0, 0.05) is 29.9 Å². The molecule has 3 aromatic rings. The number of sulfonamides is 1. The molecule has 10 nitrogen and oxygen atoms in total. The Morgan fingerprint density at radius 2 is 2.05 bits per heavy atom. The van der Waals surface area contributed by atoms with E-state index in [1.54, 1.807) is 6.07 Å². The third-order valence-electron chi connectivity index (χ3n) is 7.14. The van der Waals surface area contributed by atoms with E-state index in [0.717, 1.165) is 79.3 Å². The van der Waals surface area contributed by atoms with Crippen molar-refractivity contribution in [3.05, 3.63) is 41.7 Å². The fraction of sp³-hybridized carbons (Fsp3) is 0.462. The SMILES string of the molecule is CCc1cc(-c2ccc(/C(N=CN)=N/S(=O)(=O)C3CCCC3)[nH]2)cc2cnc(N[C@H]3CCCNC3)nc12. The molecule has 0 radical (unpaired) electrons. The van der Waals surface area contributed by atoms with Crippen LogP contribution in [0.15, 0.2) is 39.9 Å². The van der Waals surface area contributed by atoms with Crippen molar-refractivity contribution in [2.75, 3.05) is 18.4 Å². The lowest BCUT2D eigenvalue weighted by Crippen LogP contribution is -2.38. The van der Waals surface area contributed by atoms with Crippen molar-refractivity contribution >= 4 is 39.0 Å². The van der Waals surface area contributed by atoms with Crippen LogP contribution in [0, 0.1) is 0 Å². The van der Waals surface area contributed by atoms with Crippen molar-refractivity contribution in [3.8, 4) is 11.3 Å². The van der Waals surface area contributed by atoms with Gasteiger partial charge in [0.05, 0.1) is 22.8 Å². The van der Waals surface area contributed by atoms with Gasteiger partial charge in [0.15, 0.2) is 5.84 Å². The summed E-state index contributed by atoms with van der Waals surface area (Å²) in [6.07, 6.45) is 9.06. The van der Waals surface area contributed by atoms with Gasteiger partial charge in [-0.15, -0.1) is 4.40 Å². The number of nitrogens with zero attached hydrogens (tertiary/aromatic N) is 4. The average Bonchev–Trinajstić information content (AvgIpc) is 3.62. The van der Waals surface area contributed by atoms with Crippen LogP contribution in [0.3, 0.4) is 0 Å². The molecule has 3 heterocycles. The zero-order valence-corrected chi connectivity index (χ0v) is 21.9. The van der Waals surface area contributed by atoms with Crippen molar-refractivity contribution in [2.24, 2.45) is 15.1 Å². The number of rotatable bonds is 7. The Hall–Kier alpha value is -3.31. The lowest BCUT2D eigenvalue weighted by Gasteiger charge is -2.23. The number of nitrogens with one attached hydrogen (secondary N) is 3. The van der Waals surface area contributed by atoms with E-state index in [2.05, 4.69) is 43.0 Å². The van der Waals surface area contributed by atoms with Crippen molar-refractivity contribution in [3.63, 3.8) is 0 Å². The van der Waals surface area contributed by atoms with Gasteiger partial charge in [-0.05, 0) is 74.0 Å². The monoisotopic (exact) mass is 522 g/mol. The summed E-state index contributed by atoms with van der Waals surface area (Å²) in [7, 11) is -3.67. The highest BCUT2D eigenvalue weighted by Gasteiger charge is 2.29. The van der Waals surface area contributed by atoms with Crippen molar-refractivity contribution in [1.29, 1.82) is 0 Å². The van der Waals surface area contributed by atoms with Crippen LogP contribution < -0.4 is 16.4 Å². The predicted octanol–water partition coefficient (Wildman–Crippen LogP) is 3.36. The first-order chi connectivity index (χ1) is 18.0. The Balaban J connectivity index is 1.44. The minimum atomic E-state index is -3.67. The normalized spacial score (nSPS) is 19.7. The molecule has 37 heavy (non-hydrogen) atoms. The molecule has 196 valence electrons. The fourth-order valence-corrected chi connectivity index (χ4v) is 6.62. The van der Waals surface area contributed by atoms with E-state index < -0.39 is 15.3 Å². The first-order valence-electron chi connectivity index (χ1n) is 13.0. The molecule has 1 aliphatic heterocycles. The fourth-order valence-electron chi connectivity index (χ4n) is 5.16. The summed E-state index contributed by atoms with van der Waals surface area (Å²) in [6, 6.07) is 8.15. The molecule has 0 bridgehead atoms. The Morgan fingerprint density at radius 1 is 1.22 bits per heavy atom. The second-order valence-electron chi connectivity index (χ2n) is 9.71. The number of H-pyrrole nitrogens is 1. The highest BCUT2D eigenvalue weighted by atomic mass is 32.2. The number of anilines is 1. The molecule has 1 aromatic carbocycles. The summed E-state index contributed by atoms with van der Waals surface area (Å²) >= 11 is 0. The van der Waals surface area contributed by atoms with E-state index in [1.807, 2.05) is 18.3 Å². The molecule has 2 aromatic heterocycles. The number of benzene rings is 1. The molecule has 0 amide bonds. The van der Waals surface area contributed by atoms with Crippen LogP contribution in [0.1, 0.15) is 56.7 Å². The highest BCUT2D eigenvalue weighted by Crippen LogP contribution is 2.29. The van der Waals surface area contributed by atoms with Gasteiger partial charge >= 0.3 is 0 Å². The molecular weight excluding hydrogens is 488 g/mol. The molecule has 0 spiro atoms. The second-order valence-corrected chi connectivity index (χ2v) is 11.6. The van der Waals surface area contributed by atoms with E-state index in [-0.39, 0.29) is 5.84 Å². The quantitative estimate of drug-likeness (QED) is 0.274. The third-order valence-corrected chi connectivity index (χ3v) is 8.89. The molecule has 1 saturated heterocycles. The first kappa shape index (κ1) is 25.3. The third kappa shape index (κ3) is 5.67. The Kier molecular flexibility index (Phi) is 7.52. The summed E-state index contributed by atoms with van der Waals surface area (Å²) in [5.41, 5.74) is 9.82. The number of piperidine rings is 1. The summed E-state index contributed by atoms with van der Waals surface area (Å²) in [4.78, 5) is 16.7. The van der Waals surface area contributed by atoms with Gasteiger partial charge in [0.25, 0.3) is 10.0 Å². The number of fused-ring (bicyclic) bond motifs is 1. The van der Waals surface area contributed by atoms with E-state index in [9.17, 15) is 8.42 Å². The molecule has 5 N–H and O–H groups in total. The van der Waals surface area contributed by atoms with Crippen molar-refractivity contribution < 1.29 is 8.42 Å². The predicted molar refractivity (Wildman–Crippen MR) is 149 cm³/mol. The second kappa shape index (κ2) is 11.0. The maximum Gasteiger partial charge on any atom is 0.258 e. The van der Waals surface area contributed by atoms with Crippen LogP contribution in [0.25, 0.3) is 22.2 Å².